The molecule has 4 nitrogen and oxygen atoms in total. The fourth-order valence-electron chi connectivity index (χ4n) is 1.75. The van der Waals surface area contributed by atoms with Crippen LogP contribution in [0.3, 0.4) is 0 Å². The molecule has 0 radical (unpaired) electrons. The van der Waals surface area contributed by atoms with Crippen LogP contribution in [0.2, 0.25) is 0 Å². The van der Waals surface area contributed by atoms with Gasteiger partial charge in [0.2, 0.25) is 0 Å². The number of nitrogen functional groups attached to an aromatic ring is 2. The maximum Gasteiger partial charge on any atom is 0.138 e. The van der Waals surface area contributed by atoms with Gasteiger partial charge in [0, 0.05) is 16.0 Å². The van der Waals surface area contributed by atoms with Crippen LogP contribution in [0.1, 0.15) is 0 Å². The lowest BCUT2D eigenvalue weighted by Crippen LogP contribution is -1.96. The first-order valence-corrected chi connectivity index (χ1v) is 6.55. The lowest BCUT2D eigenvalue weighted by molar-refractivity contribution is 1.30. The van der Waals surface area contributed by atoms with E-state index in [-0.39, 0.29) is 0 Å². The van der Waals surface area contributed by atoms with Gasteiger partial charge in [-0.3, -0.25) is 0 Å². The summed E-state index contributed by atoms with van der Waals surface area (Å²) in [5, 5.41) is 23.2. The Labute approximate surface area is 113 Å². The molecule has 0 aliphatic carbocycles. The summed E-state index contributed by atoms with van der Waals surface area (Å²) in [6.07, 6.45) is 0. The Kier molecular flexibility index (Phi) is 3.52. The molecular weight excluding hydrogens is 264 g/mol. The van der Waals surface area contributed by atoms with E-state index in [9.17, 15) is 0 Å². The van der Waals surface area contributed by atoms with Gasteiger partial charge in [-0.25, -0.2) is 0 Å². The van der Waals surface area contributed by atoms with Gasteiger partial charge in [0.25, 0.3) is 0 Å². The minimum Gasteiger partial charge on any atom is -0.398 e. The highest BCUT2D eigenvalue weighted by atomic mass is 32.2. The molecule has 0 aromatic heterocycles. The second-order valence-electron chi connectivity index (χ2n) is 3.45. The van der Waals surface area contributed by atoms with Crippen molar-refractivity contribution in [1.82, 2.24) is 0 Å². The molecule has 2 aromatic carbocycles. The molecule has 0 spiro atoms. The Morgan fingerprint density at radius 3 is 2.44 bits per heavy atom. The molecule has 2 aromatic rings. The zero-order valence-electron chi connectivity index (χ0n) is 9.18. The molecule has 0 saturated heterocycles. The van der Waals surface area contributed by atoms with Crippen LogP contribution in [0, 0.1) is 21.3 Å². The molecule has 0 unspecified atom stereocenters. The summed E-state index contributed by atoms with van der Waals surface area (Å²) in [7, 11) is 0. The van der Waals surface area contributed by atoms with Crippen LogP contribution in [-0.4, -0.2) is 0 Å². The Morgan fingerprint density at radius 1 is 1.06 bits per heavy atom. The summed E-state index contributed by atoms with van der Waals surface area (Å²) in [5.74, 6) is 0. The van der Waals surface area contributed by atoms with Gasteiger partial charge in [-0.1, -0.05) is 12.1 Å². The molecule has 0 fully saturated rings. The smallest absolute Gasteiger partial charge is 0.138 e. The standard InChI is InChI=1S/C12H8N4S2/c13-5-17-9-4-7-2-1-3-8(15)10(7)11(16)12(9)18-6-14/h1-4H,15-16H2. The Balaban J connectivity index is 2.83. The number of benzene rings is 2. The van der Waals surface area contributed by atoms with Gasteiger partial charge in [-0.2, -0.15) is 10.5 Å². The van der Waals surface area contributed by atoms with Gasteiger partial charge in [0.1, 0.15) is 10.8 Å². The predicted molar refractivity (Wildman–Crippen MR) is 75.7 cm³/mol. The minimum atomic E-state index is 0.454. The van der Waals surface area contributed by atoms with Crippen LogP contribution in [-0.2, 0) is 0 Å². The van der Waals surface area contributed by atoms with Crippen molar-refractivity contribution in [3.05, 3.63) is 24.3 Å². The number of nitrogens with zero attached hydrogens (tertiary/aromatic N) is 2. The summed E-state index contributed by atoms with van der Waals surface area (Å²) < 4.78 is 0. The fourth-order valence-corrected chi connectivity index (χ4v) is 2.95. The van der Waals surface area contributed by atoms with E-state index in [4.69, 9.17) is 22.0 Å². The summed E-state index contributed by atoms with van der Waals surface area (Å²) in [6.45, 7) is 0. The molecule has 18 heavy (non-hydrogen) atoms. The quantitative estimate of drug-likeness (QED) is 0.495. The normalized spacial score (nSPS) is 9.89. The number of nitrogens with two attached hydrogens (primary N) is 2. The van der Waals surface area contributed by atoms with E-state index >= 15 is 0 Å². The summed E-state index contributed by atoms with van der Waals surface area (Å²) in [6, 6.07) is 7.30. The SMILES string of the molecule is N#CSc1cc2cccc(N)c2c(N)c1SC#N. The molecule has 6 heteroatoms. The van der Waals surface area contributed by atoms with E-state index in [0.29, 0.717) is 21.2 Å². The highest BCUT2D eigenvalue weighted by Crippen LogP contribution is 2.41. The monoisotopic (exact) mass is 272 g/mol. The van der Waals surface area contributed by atoms with E-state index in [1.54, 1.807) is 6.07 Å². The molecule has 4 N–H and O–H groups in total. The van der Waals surface area contributed by atoms with Gasteiger partial charge >= 0.3 is 0 Å². The van der Waals surface area contributed by atoms with Gasteiger partial charge in [0.05, 0.1) is 10.6 Å². The van der Waals surface area contributed by atoms with E-state index in [1.165, 1.54) is 0 Å². The van der Waals surface area contributed by atoms with Gasteiger partial charge < -0.3 is 11.5 Å². The second kappa shape index (κ2) is 5.09. The molecule has 0 aliphatic rings. The topological polar surface area (TPSA) is 99.6 Å². The first-order valence-electron chi connectivity index (χ1n) is 4.91. The molecule has 2 rings (SSSR count). The number of hydrogen-bond acceptors (Lipinski definition) is 6. The van der Waals surface area contributed by atoms with Crippen molar-refractivity contribution >= 4 is 45.7 Å². The van der Waals surface area contributed by atoms with Crippen LogP contribution in [0.4, 0.5) is 11.4 Å². The average Bonchev–Trinajstić information content (AvgIpc) is 2.34. The molecule has 0 bridgehead atoms. The van der Waals surface area contributed by atoms with Crippen molar-refractivity contribution in [3.8, 4) is 10.8 Å². The lowest BCUT2D eigenvalue weighted by atomic mass is 10.1. The number of nitriles is 2. The zero-order chi connectivity index (χ0) is 13.1. The summed E-state index contributed by atoms with van der Waals surface area (Å²) in [5.41, 5.74) is 13.0. The van der Waals surface area contributed by atoms with Crippen molar-refractivity contribution in [2.75, 3.05) is 11.5 Å². The Morgan fingerprint density at radius 2 is 1.78 bits per heavy atom. The van der Waals surface area contributed by atoms with Crippen molar-refractivity contribution in [2.24, 2.45) is 0 Å². The van der Waals surface area contributed by atoms with Crippen molar-refractivity contribution in [2.45, 2.75) is 9.79 Å². The van der Waals surface area contributed by atoms with E-state index < -0.39 is 0 Å². The van der Waals surface area contributed by atoms with Gasteiger partial charge in [0.15, 0.2) is 0 Å². The Bertz CT molecular complexity index is 698. The molecule has 88 valence electrons. The van der Waals surface area contributed by atoms with Crippen LogP contribution in [0.5, 0.6) is 0 Å². The van der Waals surface area contributed by atoms with Crippen molar-refractivity contribution in [3.63, 3.8) is 0 Å². The molecule has 0 saturated carbocycles. The second-order valence-corrected chi connectivity index (χ2v) is 5.07. The van der Waals surface area contributed by atoms with Crippen LogP contribution in [0.15, 0.2) is 34.1 Å². The third kappa shape index (κ3) is 2.04. The first kappa shape index (κ1) is 12.4. The summed E-state index contributed by atoms with van der Waals surface area (Å²) >= 11 is 1.93. The third-order valence-electron chi connectivity index (χ3n) is 2.46. The molecule has 0 atom stereocenters. The zero-order valence-corrected chi connectivity index (χ0v) is 10.8. The van der Waals surface area contributed by atoms with Crippen LogP contribution in [0.25, 0.3) is 10.8 Å². The fraction of sp³-hybridized carbons (Fsp3) is 0. The highest BCUT2D eigenvalue weighted by molar-refractivity contribution is 8.06. The van der Waals surface area contributed by atoms with E-state index in [0.717, 1.165) is 34.3 Å². The molecule has 0 amide bonds. The molecule has 0 heterocycles. The number of thiocyanates is 2. The maximum absolute atomic E-state index is 8.81. The minimum absolute atomic E-state index is 0.454. The maximum atomic E-state index is 8.81. The number of anilines is 2. The largest absolute Gasteiger partial charge is 0.398 e. The first-order chi connectivity index (χ1) is 8.69. The molecular formula is C12H8N4S2. The number of rotatable bonds is 2. The predicted octanol–water partition coefficient (Wildman–Crippen LogP) is 3.15. The lowest BCUT2D eigenvalue weighted by Gasteiger charge is -2.11. The average molecular weight is 272 g/mol. The number of fused-ring (bicyclic) bond motifs is 1. The number of hydrogen-bond donors (Lipinski definition) is 2. The molecule has 0 aliphatic heterocycles. The van der Waals surface area contributed by atoms with Crippen molar-refractivity contribution < 1.29 is 0 Å². The number of thioether (sulfide) groups is 2. The third-order valence-corrected chi connectivity index (χ3v) is 3.95. The Hall–Kier alpha value is -2.02. The highest BCUT2D eigenvalue weighted by Gasteiger charge is 2.14. The van der Waals surface area contributed by atoms with Crippen LogP contribution < -0.4 is 11.5 Å². The van der Waals surface area contributed by atoms with E-state index in [1.807, 2.05) is 29.0 Å². The van der Waals surface area contributed by atoms with E-state index in [2.05, 4.69) is 0 Å². The van der Waals surface area contributed by atoms with Crippen LogP contribution >= 0.6 is 23.5 Å². The summed E-state index contributed by atoms with van der Waals surface area (Å²) in [4.78, 5) is 1.27. The van der Waals surface area contributed by atoms with Gasteiger partial charge in [-0.05, 0) is 41.0 Å². The van der Waals surface area contributed by atoms with Crippen molar-refractivity contribution in [1.29, 1.82) is 10.5 Å². The van der Waals surface area contributed by atoms with Gasteiger partial charge in [-0.15, -0.1) is 0 Å².